The van der Waals surface area contributed by atoms with Gasteiger partial charge in [-0.2, -0.15) is 0 Å². The number of rotatable bonds is 9. The molecule has 11 heteroatoms. The van der Waals surface area contributed by atoms with Crippen LogP contribution in [-0.4, -0.2) is 109 Å². The number of aliphatic hydroxyl groups is 8. The SMILES string of the molecule is OC[C@H]1C[C@@H](Oc2cccc(CCc3cccc(O[C@@H]4O[C@H](CO)[C@@H](O)[C@H](O)[C@H]4O)c3)c2)[C@H](O)[C@@H](O)[C@@H]1O. The molecule has 1 aliphatic carbocycles. The van der Waals surface area contributed by atoms with Gasteiger partial charge in [0.15, 0.2) is 0 Å². The maximum atomic E-state index is 10.3. The van der Waals surface area contributed by atoms with Crippen LogP contribution in [0.2, 0.25) is 0 Å². The molecule has 0 radical (unpaired) electrons. The maximum absolute atomic E-state index is 10.3. The molecule has 2 aromatic carbocycles. The second-order valence-corrected chi connectivity index (χ2v) is 9.92. The summed E-state index contributed by atoms with van der Waals surface area (Å²) in [5.74, 6) is 0.278. The van der Waals surface area contributed by atoms with Crippen LogP contribution in [0.3, 0.4) is 0 Å². The second kappa shape index (κ2) is 12.7. The Balaban J connectivity index is 1.36. The van der Waals surface area contributed by atoms with Crippen LogP contribution in [0.1, 0.15) is 17.5 Å². The number of hydrogen-bond donors (Lipinski definition) is 8. The molecule has 0 spiro atoms. The van der Waals surface area contributed by atoms with Gasteiger partial charge in [-0.25, -0.2) is 0 Å². The summed E-state index contributed by atoms with van der Waals surface area (Å²) in [6.45, 7) is -0.873. The lowest BCUT2D eigenvalue weighted by Gasteiger charge is -2.39. The molecule has 0 unspecified atom stereocenters. The first-order chi connectivity index (χ1) is 18.2. The molecule has 0 aromatic heterocycles. The lowest BCUT2D eigenvalue weighted by Crippen LogP contribution is -2.60. The molecule has 11 nitrogen and oxygen atoms in total. The van der Waals surface area contributed by atoms with Crippen molar-refractivity contribution in [1.82, 2.24) is 0 Å². The van der Waals surface area contributed by atoms with E-state index in [2.05, 4.69) is 0 Å². The molecular formula is C27H36O11. The molecule has 1 aliphatic heterocycles. The van der Waals surface area contributed by atoms with E-state index in [-0.39, 0.29) is 13.0 Å². The van der Waals surface area contributed by atoms with Crippen LogP contribution in [0.15, 0.2) is 48.5 Å². The van der Waals surface area contributed by atoms with Crippen LogP contribution in [0, 0.1) is 5.92 Å². The van der Waals surface area contributed by atoms with Gasteiger partial charge in [0.2, 0.25) is 6.29 Å². The molecule has 0 amide bonds. The summed E-state index contributed by atoms with van der Waals surface area (Å²) in [4.78, 5) is 0. The van der Waals surface area contributed by atoms with E-state index in [9.17, 15) is 40.9 Å². The molecule has 10 atom stereocenters. The van der Waals surface area contributed by atoms with E-state index >= 15 is 0 Å². The minimum Gasteiger partial charge on any atom is -0.488 e. The highest BCUT2D eigenvalue weighted by atomic mass is 16.7. The lowest BCUT2D eigenvalue weighted by molar-refractivity contribution is -0.277. The van der Waals surface area contributed by atoms with Crippen molar-refractivity contribution in [2.24, 2.45) is 5.92 Å². The summed E-state index contributed by atoms with van der Waals surface area (Å²) in [5.41, 5.74) is 1.87. The van der Waals surface area contributed by atoms with E-state index in [1.807, 2.05) is 24.3 Å². The Bertz CT molecular complexity index is 950. The Morgan fingerprint density at radius 1 is 0.658 bits per heavy atom. The zero-order valence-electron chi connectivity index (χ0n) is 20.7. The largest absolute Gasteiger partial charge is 0.488 e. The van der Waals surface area contributed by atoms with Gasteiger partial charge in [-0.05, 0) is 54.7 Å². The summed E-state index contributed by atoms with van der Waals surface area (Å²) in [6, 6.07) is 14.4. The summed E-state index contributed by atoms with van der Waals surface area (Å²) in [6.07, 6.45) is -10.1. The van der Waals surface area contributed by atoms with Gasteiger partial charge in [-0.1, -0.05) is 24.3 Å². The molecule has 2 fully saturated rings. The molecule has 1 saturated heterocycles. The molecule has 38 heavy (non-hydrogen) atoms. The van der Waals surface area contributed by atoms with Crippen molar-refractivity contribution in [2.75, 3.05) is 13.2 Å². The fraction of sp³-hybridized carbons (Fsp3) is 0.556. The Labute approximate surface area is 220 Å². The van der Waals surface area contributed by atoms with E-state index < -0.39 is 67.6 Å². The Morgan fingerprint density at radius 2 is 1.24 bits per heavy atom. The van der Waals surface area contributed by atoms with Crippen molar-refractivity contribution in [3.63, 3.8) is 0 Å². The van der Waals surface area contributed by atoms with Crippen molar-refractivity contribution in [1.29, 1.82) is 0 Å². The molecule has 210 valence electrons. The van der Waals surface area contributed by atoms with Crippen molar-refractivity contribution >= 4 is 0 Å². The molecule has 1 heterocycles. The van der Waals surface area contributed by atoms with Gasteiger partial charge in [0.1, 0.15) is 54.2 Å². The molecule has 2 aliphatic rings. The van der Waals surface area contributed by atoms with Gasteiger partial charge >= 0.3 is 0 Å². The number of hydrogen-bond acceptors (Lipinski definition) is 11. The Morgan fingerprint density at radius 3 is 1.82 bits per heavy atom. The smallest absolute Gasteiger partial charge is 0.229 e. The first-order valence-electron chi connectivity index (χ1n) is 12.7. The highest BCUT2D eigenvalue weighted by Crippen LogP contribution is 2.30. The zero-order chi connectivity index (χ0) is 27.4. The number of ether oxygens (including phenoxy) is 3. The zero-order valence-corrected chi connectivity index (χ0v) is 20.7. The summed E-state index contributed by atoms with van der Waals surface area (Å²) in [7, 11) is 0. The molecule has 1 saturated carbocycles. The van der Waals surface area contributed by atoms with Crippen LogP contribution in [0.4, 0.5) is 0 Å². The summed E-state index contributed by atoms with van der Waals surface area (Å²) < 4.78 is 17.0. The molecule has 0 bridgehead atoms. The molecule has 4 rings (SSSR count). The van der Waals surface area contributed by atoms with Gasteiger partial charge < -0.3 is 55.1 Å². The van der Waals surface area contributed by atoms with Gasteiger partial charge in [0.05, 0.1) is 12.7 Å². The van der Waals surface area contributed by atoms with Gasteiger partial charge in [-0.3, -0.25) is 0 Å². The van der Waals surface area contributed by atoms with Crippen LogP contribution in [-0.2, 0) is 17.6 Å². The number of benzene rings is 2. The van der Waals surface area contributed by atoms with Crippen LogP contribution >= 0.6 is 0 Å². The van der Waals surface area contributed by atoms with Gasteiger partial charge in [0, 0.05) is 12.5 Å². The normalized spacial score (nSPS) is 35.6. The van der Waals surface area contributed by atoms with Crippen molar-refractivity contribution in [3.8, 4) is 11.5 Å². The third-order valence-corrected chi connectivity index (χ3v) is 7.22. The predicted octanol–water partition coefficient (Wildman–Crippen LogP) is -1.51. The van der Waals surface area contributed by atoms with E-state index in [4.69, 9.17) is 14.2 Å². The Kier molecular flexibility index (Phi) is 9.58. The van der Waals surface area contributed by atoms with E-state index in [0.29, 0.717) is 24.3 Å². The predicted molar refractivity (Wildman–Crippen MR) is 132 cm³/mol. The summed E-state index contributed by atoms with van der Waals surface area (Å²) in [5, 5.41) is 79.4. The highest BCUT2D eigenvalue weighted by molar-refractivity contribution is 5.32. The van der Waals surface area contributed by atoms with E-state index in [1.165, 1.54) is 0 Å². The number of aliphatic hydroxyl groups excluding tert-OH is 8. The first kappa shape index (κ1) is 28.7. The average Bonchev–Trinajstić information content (AvgIpc) is 2.93. The quantitative estimate of drug-likeness (QED) is 0.186. The lowest BCUT2D eigenvalue weighted by atomic mass is 9.81. The van der Waals surface area contributed by atoms with Crippen LogP contribution < -0.4 is 9.47 Å². The van der Waals surface area contributed by atoms with Gasteiger partial charge in [-0.15, -0.1) is 0 Å². The first-order valence-corrected chi connectivity index (χ1v) is 12.7. The molecule has 8 N–H and O–H groups in total. The highest BCUT2D eigenvalue weighted by Gasteiger charge is 2.45. The van der Waals surface area contributed by atoms with Crippen molar-refractivity contribution in [2.45, 2.75) is 74.4 Å². The fourth-order valence-electron chi connectivity index (χ4n) is 4.89. The van der Waals surface area contributed by atoms with Crippen molar-refractivity contribution in [3.05, 3.63) is 59.7 Å². The number of aryl methyl sites for hydroxylation is 2. The minimum atomic E-state index is -1.53. The maximum Gasteiger partial charge on any atom is 0.229 e. The average molecular weight is 537 g/mol. The standard InChI is InChI=1S/C27H36O11/c28-12-16-11-19(22(31)24(33)21(16)30)36-17-5-1-3-14(9-17)7-8-15-4-2-6-18(10-15)37-27-26(35)25(34)23(32)20(13-29)38-27/h1-6,9-10,16,19-35H,7-8,11-13H2/t16-,19-,20-,21-,22+,23-,24+,25+,26-,27-/m1/s1. The molecule has 2 aromatic rings. The van der Waals surface area contributed by atoms with Crippen LogP contribution in [0.5, 0.6) is 11.5 Å². The van der Waals surface area contributed by atoms with E-state index in [1.54, 1.807) is 24.3 Å². The van der Waals surface area contributed by atoms with Crippen molar-refractivity contribution < 1.29 is 55.1 Å². The second-order valence-electron chi connectivity index (χ2n) is 9.92. The Hall–Kier alpha value is -2.32. The van der Waals surface area contributed by atoms with Gasteiger partial charge in [0.25, 0.3) is 0 Å². The third kappa shape index (κ3) is 6.45. The minimum absolute atomic E-state index is 0.196. The van der Waals surface area contributed by atoms with E-state index in [0.717, 1.165) is 11.1 Å². The summed E-state index contributed by atoms with van der Waals surface area (Å²) >= 11 is 0. The fourth-order valence-corrected chi connectivity index (χ4v) is 4.89. The topological polar surface area (TPSA) is 190 Å². The molecular weight excluding hydrogens is 500 g/mol. The van der Waals surface area contributed by atoms with Crippen LogP contribution in [0.25, 0.3) is 0 Å². The monoisotopic (exact) mass is 536 g/mol. The third-order valence-electron chi connectivity index (χ3n) is 7.22.